The van der Waals surface area contributed by atoms with Crippen molar-refractivity contribution in [2.45, 2.75) is 46.5 Å². The van der Waals surface area contributed by atoms with E-state index < -0.39 is 11.4 Å². The Morgan fingerprint density at radius 3 is 2.38 bits per heavy atom. The highest BCUT2D eigenvalue weighted by Gasteiger charge is 2.27. The SMILES string of the molecule is CC1CCC(CNCC(C)(C)C(=O)O)CC1. The number of carbonyl (C=O) groups is 1. The lowest BCUT2D eigenvalue weighted by atomic mass is 9.83. The summed E-state index contributed by atoms with van der Waals surface area (Å²) in [7, 11) is 0. The van der Waals surface area contributed by atoms with E-state index in [0.717, 1.165) is 18.4 Å². The Kier molecular flexibility index (Phi) is 4.78. The summed E-state index contributed by atoms with van der Waals surface area (Å²) in [6, 6.07) is 0. The first-order valence-electron chi connectivity index (χ1n) is 6.36. The molecule has 1 rings (SSSR count). The van der Waals surface area contributed by atoms with Crippen LogP contribution in [0.5, 0.6) is 0 Å². The van der Waals surface area contributed by atoms with Gasteiger partial charge in [-0.05, 0) is 45.1 Å². The minimum atomic E-state index is -0.725. The summed E-state index contributed by atoms with van der Waals surface area (Å²) in [6.45, 7) is 7.39. The highest BCUT2D eigenvalue weighted by Crippen LogP contribution is 2.27. The molecule has 2 N–H and O–H groups in total. The maximum atomic E-state index is 10.9. The van der Waals surface area contributed by atoms with Gasteiger partial charge in [0.05, 0.1) is 5.41 Å². The van der Waals surface area contributed by atoms with Crippen molar-refractivity contribution in [2.75, 3.05) is 13.1 Å². The minimum absolute atomic E-state index is 0.564. The van der Waals surface area contributed by atoms with E-state index in [4.69, 9.17) is 5.11 Å². The van der Waals surface area contributed by atoms with Crippen molar-refractivity contribution in [1.82, 2.24) is 5.32 Å². The van der Waals surface area contributed by atoms with Crippen LogP contribution in [0, 0.1) is 17.3 Å². The summed E-state index contributed by atoms with van der Waals surface area (Å²) in [4.78, 5) is 10.9. The molecule has 16 heavy (non-hydrogen) atoms. The van der Waals surface area contributed by atoms with E-state index in [1.54, 1.807) is 13.8 Å². The first kappa shape index (κ1) is 13.5. The van der Waals surface area contributed by atoms with Gasteiger partial charge in [0.2, 0.25) is 0 Å². The van der Waals surface area contributed by atoms with Crippen molar-refractivity contribution >= 4 is 5.97 Å². The van der Waals surface area contributed by atoms with Gasteiger partial charge in [-0.3, -0.25) is 4.79 Å². The summed E-state index contributed by atoms with van der Waals surface area (Å²) in [5.41, 5.74) is -0.651. The molecule has 0 aliphatic heterocycles. The Hall–Kier alpha value is -0.570. The van der Waals surface area contributed by atoms with Crippen molar-refractivity contribution in [2.24, 2.45) is 17.3 Å². The number of carboxylic acid groups (broad SMARTS) is 1. The summed E-state index contributed by atoms with van der Waals surface area (Å²) in [5.74, 6) is 0.907. The van der Waals surface area contributed by atoms with Crippen molar-refractivity contribution in [1.29, 1.82) is 0 Å². The zero-order valence-corrected chi connectivity index (χ0v) is 10.8. The highest BCUT2D eigenvalue weighted by atomic mass is 16.4. The number of nitrogens with one attached hydrogen (secondary N) is 1. The van der Waals surface area contributed by atoms with Crippen LogP contribution >= 0.6 is 0 Å². The van der Waals surface area contributed by atoms with E-state index in [-0.39, 0.29) is 0 Å². The van der Waals surface area contributed by atoms with Gasteiger partial charge in [-0.25, -0.2) is 0 Å². The van der Waals surface area contributed by atoms with Gasteiger partial charge in [-0.15, -0.1) is 0 Å². The monoisotopic (exact) mass is 227 g/mol. The van der Waals surface area contributed by atoms with Crippen molar-refractivity contribution in [3.63, 3.8) is 0 Å². The lowest BCUT2D eigenvalue weighted by molar-refractivity contribution is -0.146. The van der Waals surface area contributed by atoms with E-state index in [9.17, 15) is 4.79 Å². The summed E-state index contributed by atoms with van der Waals surface area (Å²) < 4.78 is 0. The third-order valence-electron chi connectivity index (χ3n) is 3.71. The van der Waals surface area contributed by atoms with Crippen LogP contribution in [0.25, 0.3) is 0 Å². The molecule has 0 aromatic heterocycles. The van der Waals surface area contributed by atoms with Gasteiger partial charge >= 0.3 is 5.97 Å². The van der Waals surface area contributed by atoms with Crippen LogP contribution in [0.1, 0.15) is 46.5 Å². The second-order valence-electron chi connectivity index (χ2n) is 5.95. The molecule has 1 fully saturated rings. The molecule has 0 amide bonds. The smallest absolute Gasteiger partial charge is 0.310 e. The molecule has 0 heterocycles. The Bertz CT molecular complexity index is 230. The fourth-order valence-corrected chi connectivity index (χ4v) is 2.20. The third-order valence-corrected chi connectivity index (χ3v) is 3.71. The molecule has 0 atom stereocenters. The second-order valence-corrected chi connectivity index (χ2v) is 5.95. The van der Waals surface area contributed by atoms with E-state index >= 15 is 0 Å². The van der Waals surface area contributed by atoms with E-state index in [2.05, 4.69) is 12.2 Å². The highest BCUT2D eigenvalue weighted by molar-refractivity contribution is 5.73. The van der Waals surface area contributed by atoms with Gasteiger partial charge in [0, 0.05) is 6.54 Å². The Balaban J connectivity index is 2.18. The molecule has 0 bridgehead atoms. The van der Waals surface area contributed by atoms with E-state index in [0.29, 0.717) is 6.54 Å². The molecular weight excluding hydrogens is 202 g/mol. The van der Waals surface area contributed by atoms with Crippen LogP contribution in [0.3, 0.4) is 0 Å². The Morgan fingerprint density at radius 1 is 1.31 bits per heavy atom. The zero-order valence-electron chi connectivity index (χ0n) is 10.8. The molecule has 0 aromatic rings. The summed E-state index contributed by atoms with van der Waals surface area (Å²) in [6.07, 6.45) is 5.24. The van der Waals surface area contributed by atoms with Gasteiger partial charge in [0.15, 0.2) is 0 Å². The standard InChI is InChI=1S/C13H25NO2/c1-10-4-6-11(7-5-10)8-14-9-13(2,3)12(15)16/h10-11,14H,4-9H2,1-3H3,(H,15,16). The lowest BCUT2D eigenvalue weighted by Crippen LogP contribution is -2.38. The van der Waals surface area contributed by atoms with Crippen molar-refractivity contribution in [3.8, 4) is 0 Å². The van der Waals surface area contributed by atoms with E-state index in [1.165, 1.54) is 25.7 Å². The maximum Gasteiger partial charge on any atom is 0.310 e. The van der Waals surface area contributed by atoms with Gasteiger partial charge in [-0.2, -0.15) is 0 Å². The normalized spacial score (nSPS) is 26.7. The molecule has 0 spiro atoms. The quantitative estimate of drug-likeness (QED) is 0.758. The number of aliphatic carboxylic acids is 1. The average Bonchev–Trinajstić information content (AvgIpc) is 2.20. The fraction of sp³-hybridized carbons (Fsp3) is 0.923. The maximum absolute atomic E-state index is 10.9. The number of rotatable bonds is 5. The van der Waals surface area contributed by atoms with Crippen molar-refractivity contribution in [3.05, 3.63) is 0 Å². The van der Waals surface area contributed by atoms with Crippen molar-refractivity contribution < 1.29 is 9.90 Å². The molecule has 0 unspecified atom stereocenters. The van der Waals surface area contributed by atoms with Gasteiger partial charge < -0.3 is 10.4 Å². The molecule has 94 valence electrons. The first-order chi connectivity index (χ1) is 7.42. The molecular formula is C13H25NO2. The third kappa shape index (κ3) is 4.12. The molecule has 0 aromatic carbocycles. The number of carboxylic acids is 1. The van der Waals surface area contributed by atoms with Crippen LogP contribution in [-0.4, -0.2) is 24.2 Å². The predicted octanol–water partition coefficient (Wildman–Crippen LogP) is 2.51. The molecule has 1 saturated carbocycles. The predicted molar refractivity (Wildman–Crippen MR) is 65.4 cm³/mol. The topological polar surface area (TPSA) is 49.3 Å². The van der Waals surface area contributed by atoms with Gasteiger partial charge in [0.25, 0.3) is 0 Å². The summed E-state index contributed by atoms with van der Waals surface area (Å²) >= 11 is 0. The van der Waals surface area contributed by atoms with Gasteiger partial charge in [0.1, 0.15) is 0 Å². The van der Waals surface area contributed by atoms with E-state index in [1.807, 2.05) is 0 Å². The molecule has 1 aliphatic rings. The fourth-order valence-electron chi connectivity index (χ4n) is 2.20. The Labute approximate surface area is 98.6 Å². The minimum Gasteiger partial charge on any atom is -0.481 e. The molecule has 3 nitrogen and oxygen atoms in total. The lowest BCUT2D eigenvalue weighted by Gasteiger charge is -2.27. The van der Waals surface area contributed by atoms with Crippen LogP contribution < -0.4 is 5.32 Å². The zero-order chi connectivity index (χ0) is 12.2. The molecule has 0 saturated heterocycles. The molecule has 3 heteroatoms. The van der Waals surface area contributed by atoms with Crippen LogP contribution in [0.4, 0.5) is 0 Å². The molecule has 1 aliphatic carbocycles. The first-order valence-corrected chi connectivity index (χ1v) is 6.36. The second kappa shape index (κ2) is 5.67. The number of hydrogen-bond donors (Lipinski definition) is 2. The van der Waals surface area contributed by atoms with Crippen LogP contribution in [0.2, 0.25) is 0 Å². The largest absolute Gasteiger partial charge is 0.481 e. The number of hydrogen-bond acceptors (Lipinski definition) is 2. The Morgan fingerprint density at radius 2 is 1.88 bits per heavy atom. The molecule has 0 radical (unpaired) electrons. The average molecular weight is 227 g/mol. The van der Waals surface area contributed by atoms with Gasteiger partial charge in [-0.1, -0.05) is 19.8 Å². The van der Waals surface area contributed by atoms with Crippen LogP contribution in [-0.2, 0) is 4.79 Å². The summed E-state index contributed by atoms with van der Waals surface area (Å²) in [5, 5.41) is 12.3. The van der Waals surface area contributed by atoms with Crippen LogP contribution in [0.15, 0.2) is 0 Å².